The van der Waals surface area contributed by atoms with Crippen LogP contribution in [-0.4, -0.2) is 55.1 Å². The second-order valence-electron chi connectivity index (χ2n) is 8.91. The quantitative estimate of drug-likeness (QED) is 0.133. The zero-order valence-electron chi connectivity index (χ0n) is 22.1. The molecule has 1 unspecified atom stereocenters. The average molecular weight is 548 g/mol. The molecule has 1 aromatic heterocycles. The molecule has 0 spiro atoms. The topological polar surface area (TPSA) is 109 Å². The molecule has 0 bridgehead atoms. The molecule has 1 amide bonds. The number of aromatic nitrogens is 1. The Morgan fingerprint density at radius 1 is 1.21 bits per heavy atom. The number of hydrogen-bond acceptors (Lipinski definition) is 9. The number of anilines is 2. The first kappa shape index (κ1) is 27.6. The summed E-state index contributed by atoms with van der Waals surface area (Å²) in [5, 5.41) is 11.5. The summed E-state index contributed by atoms with van der Waals surface area (Å²) >= 11 is 0.947. The third kappa shape index (κ3) is 5.42. The molecule has 9 nitrogen and oxygen atoms in total. The van der Waals surface area contributed by atoms with Gasteiger partial charge >= 0.3 is 11.9 Å². The van der Waals surface area contributed by atoms with Crippen LogP contribution in [-0.2, 0) is 14.3 Å². The maximum atomic E-state index is 13.5. The number of aliphatic hydroxyl groups excluding tert-OH is 1. The summed E-state index contributed by atoms with van der Waals surface area (Å²) in [6.45, 7) is 7.46. The maximum Gasteiger partial charge on any atom is 0.350 e. The van der Waals surface area contributed by atoms with Gasteiger partial charge in [-0.2, -0.15) is 0 Å². The molecule has 1 saturated heterocycles. The number of nitrogens with zero attached hydrogens (tertiary/aromatic N) is 3. The Bertz CT molecular complexity index is 1460. The van der Waals surface area contributed by atoms with E-state index in [1.165, 1.54) is 11.0 Å². The average Bonchev–Trinajstić information content (AvgIpc) is 3.43. The van der Waals surface area contributed by atoms with Gasteiger partial charge < -0.3 is 19.5 Å². The summed E-state index contributed by atoms with van der Waals surface area (Å²) in [6.07, 6.45) is 1.45. The molecular formula is C29H29N3O6S. The summed E-state index contributed by atoms with van der Waals surface area (Å²) in [5.74, 6) is -2.15. The van der Waals surface area contributed by atoms with Crippen molar-refractivity contribution >= 4 is 45.6 Å². The van der Waals surface area contributed by atoms with E-state index in [0.717, 1.165) is 17.0 Å². The van der Waals surface area contributed by atoms with Gasteiger partial charge in [0.1, 0.15) is 23.0 Å². The van der Waals surface area contributed by atoms with Gasteiger partial charge in [-0.1, -0.05) is 48.3 Å². The molecular weight excluding hydrogens is 518 g/mol. The van der Waals surface area contributed by atoms with Crippen LogP contribution in [0.4, 0.5) is 10.8 Å². The van der Waals surface area contributed by atoms with E-state index in [4.69, 9.17) is 9.47 Å². The highest BCUT2D eigenvalue weighted by Crippen LogP contribution is 2.44. The van der Waals surface area contributed by atoms with E-state index < -0.39 is 23.7 Å². The zero-order chi connectivity index (χ0) is 28.3. The maximum absolute atomic E-state index is 13.5. The predicted octanol–water partition coefficient (Wildman–Crippen LogP) is 4.89. The molecule has 1 fully saturated rings. The van der Waals surface area contributed by atoms with Gasteiger partial charge in [-0.3, -0.25) is 14.5 Å². The summed E-state index contributed by atoms with van der Waals surface area (Å²) < 4.78 is 10.7. The Labute approximate surface area is 230 Å². The lowest BCUT2D eigenvalue weighted by molar-refractivity contribution is -0.132. The van der Waals surface area contributed by atoms with Crippen molar-refractivity contribution in [1.29, 1.82) is 0 Å². The molecule has 1 aliphatic heterocycles. The highest BCUT2D eigenvalue weighted by atomic mass is 32.1. The number of Topliss-reactive ketones (excluding diaryl/α,β-unsaturated/α-hetero) is 1. The van der Waals surface area contributed by atoms with Crippen molar-refractivity contribution in [3.63, 3.8) is 0 Å². The van der Waals surface area contributed by atoms with Crippen LogP contribution in [0.25, 0.3) is 5.76 Å². The van der Waals surface area contributed by atoms with Crippen molar-refractivity contribution in [2.45, 2.75) is 19.9 Å². The third-order valence-electron chi connectivity index (χ3n) is 6.10. The summed E-state index contributed by atoms with van der Waals surface area (Å²) in [7, 11) is 3.80. The van der Waals surface area contributed by atoms with Crippen LogP contribution in [0.1, 0.15) is 39.5 Å². The molecule has 39 heavy (non-hydrogen) atoms. The lowest BCUT2D eigenvalue weighted by Crippen LogP contribution is -2.29. The van der Waals surface area contributed by atoms with Crippen LogP contribution >= 0.6 is 11.3 Å². The number of ketones is 1. The first-order valence-corrected chi connectivity index (χ1v) is 13.1. The summed E-state index contributed by atoms with van der Waals surface area (Å²) in [6, 6.07) is 13.0. The van der Waals surface area contributed by atoms with Crippen molar-refractivity contribution in [2.24, 2.45) is 0 Å². The zero-order valence-corrected chi connectivity index (χ0v) is 22.9. The molecule has 1 aliphatic rings. The molecule has 10 heteroatoms. The molecule has 1 atom stereocenters. The number of thiazole rings is 1. The van der Waals surface area contributed by atoms with Crippen molar-refractivity contribution in [2.75, 3.05) is 37.1 Å². The van der Waals surface area contributed by atoms with Crippen molar-refractivity contribution in [3.8, 4) is 5.75 Å². The number of esters is 1. The van der Waals surface area contributed by atoms with Crippen molar-refractivity contribution in [1.82, 2.24) is 4.98 Å². The smallest absolute Gasteiger partial charge is 0.350 e. The molecule has 202 valence electrons. The Hall–Kier alpha value is -4.44. The Kier molecular flexibility index (Phi) is 8.15. The van der Waals surface area contributed by atoms with E-state index >= 15 is 0 Å². The standard InChI is InChI=1S/C29H29N3O6S/c1-6-15-38-28(36)26-17(3)30-29(39-26)32-23(18-11-13-20(14-12-18)31(4)5)22(25(34)27(32)35)24(33)19-9-8-10-21(16-19)37-7-2/h6,8-14,16,23,33H,1,7,15H2,2-5H3/b24-22+. The van der Waals surface area contributed by atoms with Crippen LogP contribution in [0.2, 0.25) is 0 Å². The van der Waals surface area contributed by atoms with Crippen molar-refractivity contribution in [3.05, 3.63) is 88.5 Å². The van der Waals surface area contributed by atoms with Crippen LogP contribution in [0.15, 0.2) is 66.8 Å². The molecule has 0 saturated carbocycles. The summed E-state index contributed by atoms with van der Waals surface area (Å²) in [5.41, 5.74) is 2.10. The summed E-state index contributed by atoms with van der Waals surface area (Å²) in [4.78, 5) is 47.3. The predicted molar refractivity (Wildman–Crippen MR) is 150 cm³/mol. The van der Waals surface area contributed by atoms with Gasteiger partial charge in [-0.05, 0) is 43.7 Å². The monoisotopic (exact) mass is 547 g/mol. The highest BCUT2D eigenvalue weighted by Gasteiger charge is 2.48. The number of rotatable bonds is 9. The van der Waals surface area contributed by atoms with E-state index in [1.54, 1.807) is 43.3 Å². The molecule has 4 rings (SSSR count). The Balaban J connectivity index is 1.88. The number of aliphatic hydroxyl groups is 1. The van der Waals surface area contributed by atoms with Gasteiger partial charge in [-0.15, -0.1) is 0 Å². The molecule has 1 N–H and O–H groups in total. The van der Waals surface area contributed by atoms with Gasteiger partial charge in [0.2, 0.25) is 0 Å². The van der Waals surface area contributed by atoms with Gasteiger partial charge in [0.15, 0.2) is 5.13 Å². The number of benzene rings is 2. The highest BCUT2D eigenvalue weighted by molar-refractivity contribution is 7.17. The second-order valence-corrected chi connectivity index (χ2v) is 9.89. The van der Waals surface area contributed by atoms with Gasteiger partial charge in [-0.25, -0.2) is 9.78 Å². The van der Waals surface area contributed by atoms with E-state index in [1.807, 2.05) is 38.1 Å². The largest absolute Gasteiger partial charge is 0.507 e. The number of carbonyl (C=O) groups is 3. The number of aryl methyl sites for hydroxylation is 1. The second kappa shape index (κ2) is 11.5. The van der Waals surface area contributed by atoms with Crippen LogP contribution in [0.5, 0.6) is 5.75 Å². The van der Waals surface area contributed by atoms with Gasteiger partial charge in [0.25, 0.3) is 5.78 Å². The number of hydrogen-bond donors (Lipinski definition) is 1. The molecule has 2 aromatic carbocycles. The Morgan fingerprint density at radius 2 is 1.92 bits per heavy atom. The lowest BCUT2D eigenvalue weighted by atomic mass is 9.95. The van der Waals surface area contributed by atoms with Gasteiger partial charge in [0.05, 0.1) is 23.9 Å². The molecule has 0 aliphatic carbocycles. The third-order valence-corrected chi connectivity index (χ3v) is 7.23. The fraction of sp³-hybridized carbons (Fsp3) is 0.241. The molecule has 3 aromatic rings. The van der Waals surface area contributed by atoms with Gasteiger partial charge in [0, 0.05) is 25.3 Å². The first-order chi connectivity index (χ1) is 18.7. The SMILES string of the molecule is C=CCOC(=O)c1sc(N2C(=O)C(=O)/C(=C(/O)c3cccc(OCC)c3)C2c2ccc(N(C)C)cc2)nc1C. The fourth-order valence-corrected chi connectivity index (χ4v) is 5.22. The minimum atomic E-state index is -0.987. The van der Waals surface area contributed by atoms with E-state index in [9.17, 15) is 19.5 Å². The molecule has 0 radical (unpaired) electrons. The van der Waals surface area contributed by atoms with Crippen molar-refractivity contribution < 1.29 is 29.0 Å². The number of ether oxygens (including phenoxy) is 2. The minimum Gasteiger partial charge on any atom is -0.507 e. The van der Waals surface area contributed by atoms with Crippen LogP contribution in [0.3, 0.4) is 0 Å². The number of carbonyl (C=O) groups excluding carboxylic acids is 3. The Morgan fingerprint density at radius 3 is 2.56 bits per heavy atom. The normalized spacial score (nSPS) is 16.3. The van der Waals surface area contributed by atoms with E-state index in [0.29, 0.717) is 29.2 Å². The van der Waals surface area contributed by atoms with E-state index in [2.05, 4.69) is 11.6 Å². The lowest BCUT2D eigenvalue weighted by Gasteiger charge is -2.23. The van der Waals surface area contributed by atoms with E-state index in [-0.39, 0.29) is 27.9 Å². The minimum absolute atomic E-state index is 0.0229. The first-order valence-electron chi connectivity index (χ1n) is 12.2. The fourth-order valence-electron chi connectivity index (χ4n) is 4.23. The van der Waals surface area contributed by atoms with Crippen LogP contribution in [0, 0.1) is 6.92 Å². The van der Waals surface area contributed by atoms with Crippen LogP contribution < -0.4 is 14.5 Å². The number of amides is 1. The molecule has 2 heterocycles.